The number of ether oxygens (including phenoxy) is 3. The van der Waals surface area contributed by atoms with Crippen molar-refractivity contribution in [3.8, 4) is 17.2 Å². The zero-order valence-corrected chi connectivity index (χ0v) is 18.5. The standard InChI is InChI=1S/C25H22Cl2O3/c1-15-8-10-16(11-9-15)22-18-6-4-5-7-19(18)30-24(23(22)25(24,26)27)17-12-13-20(28-2)21(14-17)29-3/h4-14,22-23H,1-3H3/t22-,23-,24+/m0/s1. The largest absolute Gasteiger partial charge is 0.493 e. The summed E-state index contributed by atoms with van der Waals surface area (Å²) < 4.78 is 16.4. The van der Waals surface area contributed by atoms with E-state index in [9.17, 15) is 0 Å². The van der Waals surface area contributed by atoms with E-state index < -0.39 is 9.93 Å². The van der Waals surface area contributed by atoms with E-state index in [2.05, 4.69) is 37.3 Å². The summed E-state index contributed by atoms with van der Waals surface area (Å²) in [5.74, 6) is 1.93. The second-order valence-corrected chi connectivity index (χ2v) is 9.32. The summed E-state index contributed by atoms with van der Waals surface area (Å²) in [4.78, 5) is 0. The average Bonchev–Trinajstić information content (AvgIpc) is 3.27. The average molecular weight is 441 g/mol. The Morgan fingerprint density at radius 3 is 2.27 bits per heavy atom. The van der Waals surface area contributed by atoms with Crippen LogP contribution in [0.15, 0.2) is 66.7 Å². The molecule has 0 aromatic heterocycles. The molecule has 1 aliphatic carbocycles. The molecule has 0 spiro atoms. The van der Waals surface area contributed by atoms with Crippen molar-refractivity contribution in [1.82, 2.24) is 0 Å². The first-order chi connectivity index (χ1) is 14.4. The van der Waals surface area contributed by atoms with Crippen LogP contribution in [0.5, 0.6) is 17.2 Å². The van der Waals surface area contributed by atoms with Gasteiger partial charge in [-0.2, -0.15) is 0 Å². The maximum atomic E-state index is 7.01. The van der Waals surface area contributed by atoms with Crippen molar-refractivity contribution >= 4 is 23.2 Å². The molecule has 154 valence electrons. The Balaban J connectivity index is 1.70. The number of hydrogen-bond donors (Lipinski definition) is 0. The van der Waals surface area contributed by atoms with Gasteiger partial charge in [0, 0.05) is 17.0 Å². The van der Waals surface area contributed by atoms with Crippen LogP contribution in [-0.4, -0.2) is 18.6 Å². The van der Waals surface area contributed by atoms with Crippen molar-refractivity contribution in [3.63, 3.8) is 0 Å². The van der Waals surface area contributed by atoms with Crippen LogP contribution in [0.25, 0.3) is 0 Å². The Morgan fingerprint density at radius 1 is 0.867 bits per heavy atom. The van der Waals surface area contributed by atoms with E-state index in [-0.39, 0.29) is 11.8 Å². The van der Waals surface area contributed by atoms with E-state index in [0.29, 0.717) is 11.5 Å². The van der Waals surface area contributed by atoms with Crippen molar-refractivity contribution in [1.29, 1.82) is 0 Å². The Kier molecular flexibility index (Phi) is 4.46. The van der Waals surface area contributed by atoms with Crippen LogP contribution in [-0.2, 0) is 5.60 Å². The molecule has 3 aromatic rings. The van der Waals surface area contributed by atoms with Crippen LogP contribution in [0.1, 0.15) is 28.2 Å². The fourth-order valence-corrected chi connectivity index (χ4v) is 5.79. The van der Waals surface area contributed by atoms with Gasteiger partial charge in [-0.05, 0) is 30.7 Å². The molecule has 0 N–H and O–H groups in total. The van der Waals surface area contributed by atoms with Gasteiger partial charge in [-0.3, -0.25) is 0 Å². The predicted molar refractivity (Wildman–Crippen MR) is 119 cm³/mol. The monoisotopic (exact) mass is 440 g/mol. The third-order valence-corrected chi connectivity index (χ3v) is 7.38. The topological polar surface area (TPSA) is 27.7 Å². The zero-order chi connectivity index (χ0) is 21.1. The summed E-state index contributed by atoms with van der Waals surface area (Å²) in [5.41, 5.74) is 3.49. The number of hydrogen-bond acceptors (Lipinski definition) is 3. The Hall–Kier alpha value is -2.36. The van der Waals surface area contributed by atoms with Gasteiger partial charge in [0.25, 0.3) is 0 Å². The van der Waals surface area contributed by atoms with E-state index in [0.717, 1.165) is 16.9 Å². The summed E-state index contributed by atoms with van der Waals surface area (Å²) in [6.45, 7) is 2.08. The number of alkyl halides is 2. The fraction of sp³-hybridized carbons (Fsp3) is 0.280. The normalized spacial score (nSPS) is 25.5. The number of para-hydroxylation sites is 1. The van der Waals surface area contributed by atoms with Gasteiger partial charge in [-0.15, -0.1) is 0 Å². The van der Waals surface area contributed by atoms with Crippen molar-refractivity contribution in [2.45, 2.75) is 22.8 Å². The molecule has 0 radical (unpaired) electrons. The molecule has 0 amide bonds. The van der Waals surface area contributed by atoms with Crippen molar-refractivity contribution in [3.05, 3.63) is 89.0 Å². The van der Waals surface area contributed by atoms with Crippen LogP contribution < -0.4 is 14.2 Å². The molecule has 2 aliphatic rings. The van der Waals surface area contributed by atoms with Crippen LogP contribution in [0.3, 0.4) is 0 Å². The summed E-state index contributed by atoms with van der Waals surface area (Å²) in [5, 5.41) is 0. The van der Waals surface area contributed by atoms with Gasteiger partial charge in [-0.1, -0.05) is 77.3 Å². The smallest absolute Gasteiger partial charge is 0.174 e. The minimum absolute atomic E-state index is 0.0126. The third kappa shape index (κ3) is 2.58. The molecule has 3 nitrogen and oxygen atoms in total. The molecule has 5 rings (SSSR count). The lowest BCUT2D eigenvalue weighted by atomic mass is 9.82. The molecule has 1 fully saturated rings. The highest BCUT2D eigenvalue weighted by atomic mass is 35.5. The van der Waals surface area contributed by atoms with E-state index in [4.69, 9.17) is 37.4 Å². The van der Waals surface area contributed by atoms with E-state index >= 15 is 0 Å². The van der Waals surface area contributed by atoms with E-state index in [1.165, 1.54) is 11.1 Å². The van der Waals surface area contributed by atoms with E-state index in [1.807, 2.05) is 36.4 Å². The van der Waals surface area contributed by atoms with Gasteiger partial charge in [-0.25, -0.2) is 0 Å². The molecule has 0 saturated heterocycles. The maximum Gasteiger partial charge on any atom is 0.174 e. The molecule has 0 unspecified atom stereocenters. The summed E-state index contributed by atoms with van der Waals surface area (Å²) in [7, 11) is 3.23. The Morgan fingerprint density at radius 2 is 1.57 bits per heavy atom. The number of methoxy groups -OCH3 is 2. The highest BCUT2D eigenvalue weighted by Crippen LogP contribution is 2.77. The molecule has 1 heterocycles. The first-order valence-electron chi connectivity index (χ1n) is 9.89. The van der Waals surface area contributed by atoms with Gasteiger partial charge >= 0.3 is 0 Å². The van der Waals surface area contributed by atoms with Gasteiger partial charge in [0.05, 0.1) is 20.1 Å². The molecule has 30 heavy (non-hydrogen) atoms. The number of benzene rings is 3. The number of rotatable bonds is 4. The molecule has 0 bridgehead atoms. The van der Waals surface area contributed by atoms with Crippen LogP contribution >= 0.6 is 23.2 Å². The predicted octanol–water partition coefficient (Wildman–Crippen LogP) is 6.24. The van der Waals surface area contributed by atoms with E-state index in [1.54, 1.807) is 14.2 Å². The summed E-state index contributed by atoms with van der Waals surface area (Å²) in [6.07, 6.45) is 0. The number of fused-ring (bicyclic) bond motifs is 2. The summed E-state index contributed by atoms with van der Waals surface area (Å²) >= 11 is 14.0. The SMILES string of the molecule is COc1ccc([C@@]23Oc4ccccc4[C@H](c4ccc(C)cc4)[C@@H]2C3(Cl)Cl)cc1OC. The van der Waals surface area contributed by atoms with Gasteiger partial charge in [0.2, 0.25) is 0 Å². The first kappa shape index (κ1) is 19.6. The Bertz CT molecular complexity index is 1110. The van der Waals surface area contributed by atoms with Crippen molar-refractivity contribution in [2.24, 2.45) is 5.92 Å². The quantitative estimate of drug-likeness (QED) is 0.449. The molecular weight excluding hydrogens is 419 g/mol. The molecule has 5 heteroatoms. The lowest BCUT2D eigenvalue weighted by Gasteiger charge is -2.32. The molecule has 3 atom stereocenters. The van der Waals surface area contributed by atoms with Crippen LogP contribution in [0, 0.1) is 12.8 Å². The minimum atomic E-state index is -1.10. The van der Waals surface area contributed by atoms with Gasteiger partial charge in [0.1, 0.15) is 5.75 Å². The minimum Gasteiger partial charge on any atom is -0.493 e. The Labute approximate surface area is 186 Å². The maximum absolute atomic E-state index is 7.01. The second-order valence-electron chi connectivity index (χ2n) is 7.93. The van der Waals surface area contributed by atoms with Gasteiger partial charge in [0.15, 0.2) is 21.4 Å². The highest BCUT2D eigenvalue weighted by molar-refractivity contribution is 6.52. The van der Waals surface area contributed by atoms with Crippen molar-refractivity contribution in [2.75, 3.05) is 14.2 Å². The second kappa shape index (κ2) is 6.83. The van der Waals surface area contributed by atoms with Gasteiger partial charge < -0.3 is 14.2 Å². The lowest BCUT2D eigenvalue weighted by Crippen LogP contribution is -2.29. The molecule has 1 saturated carbocycles. The molecular formula is C25H22Cl2O3. The van der Waals surface area contributed by atoms with Crippen LogP contribution in [0.2, 0.25) is 0 Å². The summed E-state index contributed by atoms with van der Waals surface area (Å²) in [6, 6.07) is 22.4. The van der Waals surface area contributed by atoms with Crippen LogP contribution in [0.4, 0.5) is 0 Å². The highest BCUT2D eigenvalue weighted by Gasteiger charge is 2.83. The first-order valence-corrected chi connectivity index (χ1v) is 10.6. The number of halogens is 2. The molecule has 3 aromatic carbocycles. The number of aryl methyl sites for hydroxylation is 1. The zero-order valence-electron chi connectivity index (χ0n) is 17.0. The molecule has 1 aliphatic heterocycles. The lowest BCUT2D eigenvalue weighted by molar-refractivity contribution is 0.137. The van der Waals surface area contributed by atoms with Crippen molar-refractivity contribution < 1.29 is 14.2 Å². The third-order valence-electron chi connectivity index (χ3n) is 6.35. The fourth-order valence-electron chi connectivity index (χ4n) is 4.81.